The van der Waals surface area contributed by atoms with E-state index in [1.165, 1.54) is 0 Å². The highest BCUT2D eigenvalue weighted by atomic mass is 16.1. The molecule has 1 heterocycles. The van der Waals surface area contributed by atoms with Gasteiger partial charge in [-0.3, -0.25) is 4.79 Å². The van der Waals surface area contributed by atoms with Gasteiger partial charge in [0.1, 0.15) is 11.5 Å². The zero-order chi connectivity index (χ0) is 13.7. The van der Waals surface area contributed by atoms with E-state index in [0.29, 0.717) is 11.5 Å². The summed E-state index contributed by atoms with van der Waals surface area (Å²) in [6.07, 6.45) is 0. The molecule has 4 heteroatoms. The Morgan fingerprint density at radius 2 is 2.00 bits per heavy atom. The Morgan fingerprint density at radius 3 is 2.74 bits per heavy atom. The van der Waals surface area contributed by atoms with Crippen LogP contribution in [0.15, 0.2) is 42.5 Å². The molecular formula is C15H17N3O. The second-order valence-electron chi connectivity index (χ2n) is 4.26. The van der Waals surface area contributed by atoms with E-state index in [9.17, 15) is 4.79 Å². The Hall–Kier alpha value is -2.36. The highest BCUT2D eigenvalue weighted by Gasteiger charge is 2.08. The average Bonchev–Trinajstić information content (AvgIpc) is 2.39. The first-order valence-electron chi connectivity index (χ1n) is 6.28. The van der Waals surface area contributed by atoms with E-state index in [0.717, 1.165) is 17.8 Å². The van der Waals surface area contributed by atoms with Crippen LogP contribution in [0.1, 0.15) is 23.0 Å². The number of pyridine rings is 1. The number of nitrogens with one attached hydrogen (secondary N) is 2. The van der Waals surface area contributed by atoms with Gasteiger partial charge in [-0.2, -0.15) is 0 Å². The van der Waals surface area contributed by atoms with Crippen molar-refractivity contribution in [3.8, 4) is 0 Å². The Labute approximate surface area is 112 Å². The molecule has 0 saturated carbocycles. The lowest BCUT2D eigenvalue weighted by Gasteiger charge is -2.07. The zero-order valence-corrected chi connectivity index (χ0v) is 11.1. The van der Waals surface area contributed by atoms with Gasteiger partial charge >= 0.3 is 0 Å². The molecule has 98 valence electrons. The SMILES string of the molecule is CCNc1cccc(C(=O)Nc2cccc(C)c2)n1. The molecule has 0 aliphatic rings. The molecule has 0 fully saturated rings. The summed E-state index contributed by atoms with van der Waals surface area (Å²) in [6.45, 7) is 4.75. The summed E-state index contributed by atoms with van der Waals surface area (Å²) in [4.78, 5) is 16.3. The standard InChI is InChI=1S/C15H17N3O/c1-3-16-14-9-5-8-13(18-14)15(19)17-12-7-4-6-11(2)10-12/h4-10H,3H2,1-2H3,(H,16,18)(H,17,19). The third-order valence-electron chi connectivity index (χ3n) is 2.62. The molecule has 0 saturated heterocycles. The van der Waals surface area contributed by atoms with E-state index in [-0.39, 0.29) is 5.91 Å². The third kappa shape index (κ3) is 3.55. The van der Waals surface area contributed by atoms with Crippen LogP contribution >= 0.6 is 0 Å². The van der Waals surface area contributed by atoms with Crippen molar-refractivity contribution in [1.82, 2.24) is 4.98 Å². The molecule has 19 heavy (non-hydrogen) atoms. The van der Waals surface area contributed by atoms with Gasteiger partial charge in [0.05, 0.1) is 0 Å². The molecule has 0 atom stereocenters. The van der Waals surface area contributed by atoms with Gasteiger partial charge in [0.25, 0.3) is 5.91 Å². The second kappa shape index (κ2) is 6.00. The summed E-state index contributed by atoms with van der Waals surface area (Å²) in [7, 11) is 0. The molecule has 0 radical (unpaired) electrons. The van der Waals surface area contributed by atoms with E-state index in [4.69, 9.17) is 0 Å². The highest BCUT2D eigenvalue weighted by molar-refractivity contribution is 6.03. The minimum absolute atomic E-state index is 0.203. The van der Waals surface area contributed by atoms with Gasteiger partial charge in [0, 0.05) is 12.2 Å². The Morgan fingerprint density at radius 1 is 1.21 bits per heavy atom. The van der Waals surface area contributed by atoms with Crippen LogP contribution in [-0.4, -0.2) is 17.4 Å². The molecule has 0 spiro atoms. The smallest absolute Gasteiger partial charge is 0.274 e. The van der Waals surface area contributed by atoms with Crippen molar-refractivity contribution in [3.63, 3.8) is 0 Å². The van der Waals surface area contributed by atoms with Crippen LogP contribution in [-0.2, 0) is 0 Å². The summed E-state index contributed by atoms with van der Waals surface area (Å²) in [5.74, 6) is 0.504. The summed E-state index contributed by atoms with van der Waals surface area (Å²) < 4.78 is 0. The van der Waals surface area contributed by atoms with E-state index in [1.54, 1.807) is 6.07 Å². The maximum atomic E-state index is 12.1. The van der Waals surface area contributed by atoms with Gasteiger partial charge < -0.3 is 10.6 Å². The van der Waals surface area contributed by atoms with Gasteiger partial charge in [-0.25, -0.2) is 4.98 Å². The maximum Gasteiger partial charge on any atom is 0.274 e. The van der Waals surface area contributed by atoms with Crippen molar-refractivity contribution in [2.45, 2.75) is 13.8 Å². The van der Waals surface area contributed by atoms with Crippen molar-refractivity contribution in [1.29, 1.82) is 0 Å². The number of aromatic nitrogens is 1. The number of amides is 1. The Kier molecular flexibility index (Phi) is 4.13. The van der Waals surface area contributed by atoms with Gasteiger partial charge in [0.2, 0.25) is 0 Å². The fraction of sp³-hybridized carbons (Fsp3) is 0.200. The lowest BCUT2D eigenvalue weighted by Crippen LogP contribution is -2.14. The minimum atomic E-state index is -0.203. The van der Waals surface area contributed by atoms with Gasteiger partial charge in [-0.05, 0) is 43.7 Å². The maximum absolute atomic E-state index is 12.1. The largest absolute Gasteiger partial charge is 0.370 e. The van der Waals surface area contributed by atoms with Gasteiger partial charge in [-0.1, -0.05) is 18.2 Å². The topological polar surface area (TPSA) is 54.0 Å². The Bertz CT molecular complexity index is 581. The molecule has 1 amide bonds. The number of aryl methyl sites for hydroxylation is 1. The lowest BCUT2D eigenvalue weighted by molar-refractivity contribution is 0.102. The molecule has 0 unspecified atom stereocenters. The molecule has 2 N–H and O–H groups in total. The monoisotopic (exact) mass is 255 g/mol. The summed E-state index contributed by atoms with van der Waals surface area (Å²) >= 11 is 0. The zero-order valence-electron chi connectivity index (χ0n) is 11.1. The quantitative estimate of drug-likeness (QED) is 0.882. The van der Waals surface area contributed by atoms with Crippen LogP contribution in [0.25, 0.3) is 0 Å². The summed E-state index contributed by atoms with van der Waals surface area (Å²) in [6, 6.07) is 13.0. The number of carbonyl (C=O) groups excluding carboxylic acids is 1. The first-order valence-corrected chi connectivity index (χ1v) is 6.28. The van der Waals surface area contributed by atoms with Crippen LogP contribution in [0.3, 0.4) is 0 Å². The minimum Gasteiger partial charge on any atom is -0.370 e. The molecule has 0 aliphatic heterocycles. The van der Waals surface area contributed by atoms with Gasteiger partial charge in [0.15, 0.2) is 0 Å². The van der Waals surface area contributed by atoms with Crippen molar-refractivity contribution in [2.75, 3.05) is 17.2 Å². The molecule has 4 nitrogen and oxygen atoms in total. The highest BCUT2D eigenvalue weighted by Crippen LogP contribution is 2.12. The molecule has 1 aromatic carbocycles. The fourth-order valence-electron chi connectivity index (χ4n) is 1.76. The van der Waals surface area contributed by atoms with Crippen molar-refractivity contribution in [2.24, 2.45) is 0 Å². The average molecular weight is 255 g/mol. The summed E-state index contributed by atoms with van der Waals surface area (Å²) in [5.41, 5.74) is 2.28. The van der Waals surface area contributed by atoms with E-state index < -0.39 is 0 Å². The third-order valence-corrected chi connectivity index (χ3v) is 2.62. The van der Waals surface area contributed by atoms with Crippen molar-refractivity contribution in [3.05, 3.63) is 53.7 Å². The predicted molar refractivity (Wildman–Crippen MR) is 77.5 cm³/mol. The number of hydrogen-bond acceptors (Lipinski definition) is 3. The van der Waals surface area contributed by atoms with Crippen LogP contribution < -0.4 is 10.6 Å². The van der Waals surface area contributed by atoms with Crippen molar-refractivity contribution >= 4 is 17.4 Å². The molecule has 1 aromatic heterocycles. The summed E-state index contributed by atoms with van der Waals surface area (Å²) in [5, 5.41) is 5.92. The lowest BCUT2D eigenvalue weighted by atomic mass is 10.2. The van der Waals surface area contributed by atoms with Crippen LogP contribution in [0.5, 0.6) is 0 Å². The number of benzene rings is 1. The first kappa shape index (κ1) is 13.1. The van der Waals surface area contributed by atoms with Crippen LogP contribution in [0.2, 0.25) is 0 Å². The van der Waals surface area contributed by atoms with E-state index >= 15 is 0 Å². The van der Waals surface area contributed by atoms with Crippen LogP contribution in [0, 0.1) is 6.92 Å². The predicted octanol–water partition coefficient (Wildman–Crippen LogP) is 3.07. The molecular weight excluding hydrogens is 238 g/mol. The fourth-order valence-corrected chi connectivity index (χ4v) is 1.76. The van der Waals surface area contributed by atoms with Gasteiger partial charge in [-0.15, -0.1) is 0 Å². The second-order valence-corrected chi connectivity index (χ2v) is 4.26. The van der Waals surface area contributed by atoms with Crippen molar-refractivity contribution < 1.29 is 4.79 Å². The van der Waals surface area contributed by atoms with E-state index in [1.807, 2.05) is 50.2 Å². The number of rotatable bonds is 4. The number of carbonyl (C=O) groups is 1. The van der Waals surface area contributed by atoms with Crippen LogP contribution in [0.4, 0.5) is 11.5 Å². The Balaban J connectivity index is 2.13. The molecule has 0 bridgehead atoms. The molecule has 2 aromatic rings. The van der Waals surface area contributed by atoms with E-state index in [2.05, 4.69) is 15.6 Å². The number of hydrogen-bond donors (Lipinski definition) is 2. The molecule has 0 aliphatic carbocycles. The molecule has 2 rings (SSSR count). The normalized spacial score (nSPS) is 10.0. The number of nitrogens with zero attached hydrogens (tertiary/aromatic N) is 1. The number of anilines is 2. The first-order chi connectivity index (χ1) is 9.19.